The number of phosphoric ester groups is 1. The van der Waals surface area contributed by atoms with Gasteiger partial charge in [0.15, 0.2) is 0 Å². The summed E-state index contributed by atoms with van der Waals surface area (Å²) in [4.78, 5) is 24.6. The van der Waals surface area contributed by atoms with Crippen LogP contribution in [-0.2, 0) is 27.9 Å². The van der Waals surface area contributed by atoms with Gasteiger partial charge in [0.1, 0.15) is 19.3 Å². The second kappa shape index (κ2) is 35.9. The maximum atomic E-state index is 12.4. The van der Waals surface area contributed by atoms with Crippen LogP contribution in [-0.4, -0.2) is 70.7 Å². The number of carbonyl (C=O) groups is 1. The van der Waals surface area contributed by atoms with E-state index in [0.29, 0.717) is 24.1 Å². The van der Waals surface area contributed by atoms with Gasteiger partial charge in [0.25, 0.3) is 7.82 Å². The number of hydrogen-bond acceptors (Lipinski definition) is 7. The Kier molecular flexibility index (Phi) is 34.5. The highest BCUT2D eigenvalue weighted by molar-refractivity contribution is 7.45. The summed E-state index contributed by atoms with van der Waals surface area (Å²) in [5.74, 6) is -0.360. The fraction of sp³-hybridized carbons (Fsp3) is 0.698. The third-order valence-corrected chi connectivity index (χ3v) is 8.99. The van der Waals surface area contributed by atoms with Crippen LogP contribution in [0, 0.1) is 0 Å². The summed E-state index contributed by atoms with van der Waals surface area (Å²) in [6.45, 7) is 5.11. The van der Waals surface area contributed by atoms with Gasteiger partial charge < -0.3 is 27.9 Å². The van der Waals surface area contributed by atoms with Crippen molar-refractivity contribution in [1.29, 1.82) is 0 Å². The van der Waals surface area contributed by atoms with Crippen LogP contribution in [0.2, 0.25) is 0 Å². The Morgan fingerprint density at radius 2 is 1.12 bits per heavy atom. The van der Waals surface area contributed by atoms with Crippen molar-refractivity contribution in [2.45, 2.75) is 142 Å². The van der Waals surface area contributed by atoms with Gasteiger partial charge in [-0.05, 0) is 64.2 Å². The van der Waals surface area contributed by atoms with Crippen LogP contribution in [0.3, 0.4) is 0 Å². The molecule has 52 heavy (non-hydrogen) atoms. The highest BCUT2D eigenvalue weighted by atomic mass is 31.2. The number of ether oxygens (including phenoxy) is 2. The number of carbonyl (C=O) groups excluding carboxylic acids is 1. The Labute approximate surface area is 319 Å². The van der Waals surface area contributed by atoms with E-state index < -0.39 is 13.9 Å². The zero-order valence-corrected chi connectivity index (χ0v) is 34.6. The molecule has 0 radical (unpaired) electrons. The summed E-state index contributed by atoms with van der Waals surface area (Å²) in [6, 6.07) is 0. The predicted octanol–water partition coefficient (Wildman–Crippen LogP) is 10.9. The number of hydrogen-bond donors (Lipinski definition) is 0. The molecule has 0 rings (SSSR count). The van der Waals surface area contributed by atoms with Crippen LogP contribution in [0.15, 0.2) is 72.9 Å². The van der Waals surface area contributed by atoms with Gasteiger partial charge >= 0.3 is 5.97 Å². The quantitative estimate of drug-likeness (QED) is 0.0207. The number of likely N-dealkylation sites (N-methyl/N-ethyl adjacent to an activating group) is 1. The molecule has 0 aromatic rings. The van der Waals surface area contributed by atoms with Gasteiger partial charge in [0, 0.05) is 13.0 Å². The first-order chi connectivity index (χ1) is 25.1. The van der Waals surface area contributed by atoms with Gasteiger partial charge in [-0.25, -0.2) is 0 Å². The maximum Gasteiger partial charge on any atom is 0.306 e. The van der Waals surface area contributed by atoms with Crippen molar-refractivity contribution in [3.05, 3.63) is 72.9 Å². The van der Waals surface area contributed by atoms with Gasteiger partial charge in [0.05, 0.1) is 34.4 Å². The first-order valence-corrected chi connectivity index (χ1v) is 21.6. The minimum Gasteiger partial charge on any atom is -0.756 e. The average molecular weight is 750 g/mol. The molecule has 9 heteroatoms. The number of allylic oxidation sites excluding steroid dienone is 12. The topological polar surface area (TPSA) is 94.1 Å². The lowest BCUT2D eigenvalue weighted by atomic mass is 10.1. The fourth-order valence-corrected chi connectivity index (χ4v) is 5.63. The van der Waals surface area contributed by atoms with Gasteiger partial charge in [-0.3, -0.25) is 9.36 Å². The summed E-state index contributed by atoms with van der Waals surface area (Å²) in [6.07, 6.45) is 45.5. The van der Waals surface area contributed by atoms with Gasteiger partial charge in [-0.15, -0.1) is 0 Å². The second-order valence-electron chi connectivity index (χ2n) is 14.3. The van der Waals surface area contributed by atoms with E-state index in [0.717, 1.165) is 89.9 Å². The van der Waals surface area contributed by atoms with E-state index in [1.54, 1.807) is 0 Å². The zero-order valence-electron chi connectivity index (χ0n) is 33.7. The third-order valence-electron chi connectivity index (χ3n) is 8.02. The Balaban J connectivity index is 4.00. The number of quaternary nitrogens is 1. The minimum absolute atomic E-state index is 0.0200. The number of esters is 1. The third kappa shape index (κ3) is 39.2. The van der Waals surface area contributed by atoms with Crippen LogP contribution in [0.4, 0.5) is 0 Å². The Bertz CT molecular complexity index is 1060. The molecule has 0 saturated heterocycles. The largest absolute Gasteiger partial charge is 0.756 e. The van der Waals surface area contributed by atoms with Crippen molar-refractivity contribution >= 4 is 13.8 Å². The highest BCUT2D eigenvalue weighted by Crippen LogP contribution is 2.38. The SMILES string of the molecule is CC/C=C\C/C=C\C/C=C\C/C=C\C/C=C\C/C=C\CCCCCCCCCOCC(COP(=O)([O-])OCC[N+](C)(C)C)OC(=O)CCCCCC. The fourth-order valence-electron chi connectivity index (χ4n) is 4.90. The molecule has 0 aliphatic carbocycles. The Morgan fingerprint density at radius 1 is 0.615 bits per heavy atom. The molecule has 0 aromatic carbocycles. The Hall–Kier alpha value is -2.06. The molecular formula is C43H76NO7P. The first-order valence-electron chi connectivity index (χ1n) is 20.2. The van der Waals surface area contributed by atoms with Gasteiger partial charge in [-0.2, -0.15) is 0 Å². The van der Waals surface area contributed by atoms with Crippen LogP contribution >= 0.6 is 7.82 Å². The summed E-state index contributed by atoms with van der Waals surface area (Å²) in [7, 11) is 1.33. The lowest BCUT2D eigenvalue weighted by Gasteiger charge is -2.28. The van der Waals surface area contributed by atoms with Crippen molar-refractivity contribution in [3.63, 3.8) is 0 Å². The molecule has 0 aliphatic rings. The van der Waals surface area contributed by atoms with Crippen LogP contribution in [0.1, 0.15) is 136 Å². The minimum atomic E-state index is -4.51. The van der Waals surface area contributed by atoms with Crippen molar-refractivity contribution < 1.29 is 37.3 Å². The van der Waals surface area contributed by atoms with E-state index >= 15 is 0 Å². The molecule has 2 unspecified atom stereocenters. The van der Waals surface area contributed by atoms with Crippen molar-refractivity contribution in [2.24, 2.45) is 0 Å². The summed E-state index contributed by atoms with van der Waals surface area (Å²) < 4.78 is 34.2. The monoisotopic (exact) mass is 750 g/mol. The first kappa shape index (κ1) is 49.9. The molecule has 8 nitrogen and oxygen atoms in total. The van der Waals surface area contributed by atoms with Crippen molar-refractivity contribution in [2.75, 3.05) is 54.1 Å². The molecule has 0 aromatic heterocycles. The maximum absolute atomic E-state index is 12.4. The normalized spacial score (nSPS) is 14.7. The number of phosphoric acid groups is 1. The van der Waals surface area contributed by atoms with Crippen LogP contribution < -0.4 is 4.89 Å². The zero-order chi connectivity index (χ0) is 38.4. The molecule has 0 bridgehead atoms. The van der Waals surface area contributed by atoms with Crippen LogP contribution in [0.5, 0.6) is 0 Å². The molecule has 0 fully saturated rings. The molecule has 0 aliphatic heterocycles. The van der Waals surface area contributed by atoms with E-state index in [1.807, 2.05) is 21.1 Å². The van der Waals surface area contributed by atoms with E-state index in [1.165, 1.54) is 25.7 Å². The molecule has 0 spiro atoms. The van der Waals surface area contributed by atoms with Crippen molar-refractivity contribution in [3.8, 4) is 0 Å². The lowest BCUT2D eigenvalue weighted by molar-refractivity contribution is -0.870. The number of nitrogens with zero attached hydrogens (tertiary/aromatic N) is 1. The molecule has 0 saturated carbocycles. The average Bonchev–Trinajstić information content (AvgIpc) is 3.09. The molecule has 2 atom stereocenters. The summed E-state index contributed by atoms with van der Waals surface area (Å²) in [5.41, 5.74) is 0. The van der Waals surface area contributed by atoms with E-state index in [9.17, 15) is 14.3 Å². The van der Waals surface area contributed by atoms with Crippen molar-refractivity contribution in [1.82, 2.24) is 0 Å². The Morgan fingerprint density at radius 3 is 1.65 bits per heavy atom. The van der Waals surface area contributed by atoms with Crippen LogP contribution in [0.25, 0.3) is 0 Å². The molecular weight excluding hydrogens is 673 g/mol. The van der Waals surface area contributed by atoms with Gasteiger partial charge in [-0.1, -0.05) is 138 Å². The summed E-state index contributed by atoms with van der Waals surface area (Å²) >= 11 is 0. The predicted molar refractivity (Wildman–Crippen MR) is 217 cm³/mol. The van der Waals surface area contributed by atoms with E-state index in [-0.39, 0.29) is 25.8 Å². The number of rotatable bonds is 36. The summed E-state index contributed by atoms with van der Waals surface area (Å²) in [5, 5.41) is 0. The lowest BCUT2D eigenvalue weighted by Crippen LogP contribution is -2.37. The highest BCUT2D eigenvalue weighted by Gasteiger charge is 2.20. The molecule has 0 heterocycles. The molecule has 0 amide bonds. The smallest absolute Gasteiger partial charge is 0.306 e. The standard InChI is InChI=1S/C43H76NO7P/c1-6-8-10-12-13-14-15-16-17-18-19-20-21-22-23-24-25-26-27-28-29-30-31-32-33-35-38-48-40-42(51-43(45)36-34-11-9-7-2)41-50-52(46,47)49-39-37-44(3,4)5/h8,10,13-14,16-17,19-20,22-23,25-26,42H,6-7,9,11-12,15,18,21,24,27-41H2,1-5H3/b10-8-,14-13-,17-16-,20-19-,23-22-,26-25-. The van der Waals surface area contributed by atoms with E-state index in [2.05, 4.69) is 86.8 Å². The molecule has 300 valence electrons. The van der Waals surface area contributed by atoms with E-state index in [4.69, 9.17) is 18.5 Å². The second-order valence-corrected chi connectivity index (χ2v) is 15.7. The molecule has 0 N–H and O–H groups in total. The van der Waals surface area contributed by atoms with Gasteiger partial charge in [0.2, 0.25) is 0 Å². The number of unbranched alkanes of at least 4 members (excludes halogenated alkanes) is 10.